The number of benzene rings is 2. The molecule has 0 radical (unpaired) electrons. The van der Waals surface area contributed by atoms with Crippen molar-refractivity contribution in [3.05, 3.63) is 58.1 Å². The van der Waals surface area contributed by atoms with E-state index >= 15 is 0 Å². The fourth-order valence-corrected chi connectivity index (χ4v) is 3.04. The van der Waals surface area contributed by atoms with Gasteiger partial charge >= 0.3 is 0 Å². The van der Waals surface area contributed by atoms with Gasteiger partial charge in [0.25, 0.3) is 5.91 Å². The minimum absolute atomic E-state index is 0.146. The molecule has 26 heavy (non-hydrogen) atoms. The van der Waals surface area contributed by atoms with E-state index in [0.717, 1.165) is 18.5 Å². The summed E-state index contributed by atoms with van der Waals surface area (Å²) in [7, 11) is 0. The monoisotopic (exact) mass is 392 g/mol. The summed E-state index contributed by atoms with van der Waals surface area (Å²) in [6.07, 6.45) is 1.52. The number of likely N-dealkylation sites (tertiary alicyclic amines) is 1. The van der Waals surface area contributed by atoms with Crippen molar-refractivity contribution >= 4 is 40.7 Å². The van der Waals surface area contributed by atoms with E-state index < -0.39 is 0 Å². The number of nitrogens with one attached hydrogen (secondary N) is 1. The van der Waals surface area contributed by atoms with Gasteiger partial charge in [-0.3, -0.25) is 9.59 Å². The summed E-state index contributed by atoms with van der Waals surface area (Å²) in [4.78, 5) is 25.6. The third-order valence-corrected chi connectivity index (χ3v) is 4.76. The minimum Gasteiger partial charge on any atom is -0.484 e. The highest BCUT2D eigenvalue weighted by Crippen LogP contribution is 2.26. The van der Waals surface area contributed by atoms with Gasteiger partial charge in [-0.1, -0.05) is 35.3 Å². The molecule has 0 unspecified atom stereocenters. The smallest absolute Gasteiger partial charge is 0.262 e. The summed E-state index contributed by atoms with van der Waals surface area (Å²) in [5.41, 5.74) is 1.64. The number of ether oxygens (including phenoxy) is 1. The molecule has 0 aliphatic carbocycles. The molecule has 3 rings (SSSR count). The van der Waals surface area contributed by atoms with E-state index in [9.17, 15) is 9.59 Å². The van der Waals surface area contributed by atoms with Crippen LogP contribution in [0.2, 0.25) is 10.0 Å². The highest BCUT2D eigenvalue weighted by molar-refractivity contribution is 6.42. The summed E-state index contributed by atoms with van der Waals surface area (Å²) >= 11 is 11.8. The van der Waals surface area contributed by atoms with Crippen molar-refractivity contribution in [2.45, 2.75) is 19.4 Å². The zero-order valence-electron chi connectivity index (χ0n) is 14.0. The van der Waals surface area contributed by atoms with Gasteiger partial charge in [-0.15, -0.1) is 0 Å². The Labute approximate surface area is 161 Å². The van der Waals surface area contributed by atoms with Crippen LogP contribution in [-0.2, 0) is 16.1 Å². The number of halogens is 2. The highest BCUT2D eigenvalue weighted by Gasteiger charge is 2.20. The van der Waals surface area contributed by atoms with Gasteiger partial charge in [0.2, 0.25) is 5.91 Å². The highest BCUT2D eigenvalue weighted by atomic mass is 35.5. The van der Waals surface area contributed by atoms with Gasteiger partial charge in [-0.2, -0.15) is 0 Å². The van der Waals surface area contributed by atoms with E-state index in [4.69, 9.17) is 27.9 Å². The second kappa shape index (κ2) is 8.43. The first-order valence-corrected chi connectivity index (χ1v) is 9.01. The summed E-state index contributed by atoms with van der Waals surface area (Å²) in [6.45, 7) is 1.20. The van der Waals surface area contributed by atoms with Crippen LogP contribution in [0.5, 0.6) is 5.75 Å². The van der Waals surface area contributed by atoms with Gasteiger partial charge in [0, 0.05) is 31.3 Å². The van der Waals surface area contributed by atoms with Crippen LogP contribution in [0.1, 0.15) is 18.4 Å². The molecule has 7 heteroatoms. The first-order chi connectivity index (χ1) is 12.5. The lowest BCUT2D eigenvalue weighted by atomic mass is 10.2. The number of hydrogen-bond donors (Lipinski definition) is 1. The Morgan fingerprint density at radius 1 is 1.15 bits per heavy atom. The normalized spacial score (nSPS) is 13.8. The Kier molecular flexibility index (Phi) is 6.01. The van der Waals surface area contributed by atoms with Gasteiger partial charge in [0.15, 0.2) is 6.61 Å². The van der Waals surface area contributed by atoms with Crippen LogP contribution >= 0.6 is 23.2 Å². The molecule has 136 valence electrons. The number of amides is 2. The van der Waals surface area contributed by atoms with Gasteiger partial charge < -0.3 is 15.0 Å². The molecule has 0 spiro atoms. The topological polar surface area (TPSA) is 58.6 Å². The summed E-state index contributed by atoms with van der Waals surface area (Å²) in [5, 5.41) is 3.59. The Morgan fingerprint density at radius 2 is 2.00 bits per heavy atom. The quantitative estimate of drug-likeness (QED) is 0.803. The van der Waals surface area contributed by atoms with E-state index in [1.54, 1.807) is 24.3 Å². The number of carbonyl (C=O) groups is 2. The van der Waals surface area contributed by atoms with Crippen LogP contribution in [0.3, 0.4) is 0 Å². The molecule has 1 saturated heterocycles. The molecular weight excluding hydrogens is 375 g/mol. The average molecular weight is 393 g/mol. The lowest BCUT2D eigenvalue weighted by Crippen LogP contribution is -2.24. The number of nitrogens with zero attached hydrogens (tertiary/aromatic N) is 1. The molecule has 2 aromatic carbocycles. The van der Waals surface area contributed by atoms with Crippen LogP contribution in [0.15, 0.2) is 42.5 Å². The Balaban J connectivity index is 1.54. The van der Waals surface area contributed by atoms with E-state index in [-0.39, 0.29) is 18.4 Å². The number of hydrogen-bond acceptors (Lipinski definition) is 3. The van der Waals surface area contributed by atoms with Crippen LogP contribution in [0.25, 0.3) is 0 Å². The fourth-order valence-electron chi connectivity index (χ4n) is 2.75. The standard InChI is InChI=1S/C19H18Cl2N2O3/c20-16-7-6-15(10-17(16)21)26-12-18(24)22-14-4-1-3-13(9-14)11-23-8-2-5-19(23)25/h1,3-4,6-7,9-10H,2,5,8,11-12H2,(H,22,24). The molecule has 0 atom stereocenters. The van der Waals surface area contributed by atoms with Crippen molar-refractivity contribution < 1.29 is 14.3 Å². The number of anilines is 1. The van der Waals surface area contributed by atoms with Gasteiger partial charge in [-0.05, 0) is 36.2 Å². The Bertz CT molecular complexity index is 826. The first-order valence-electron chi connectivity index (χ1n) is 8.26. The molecule has 2 amide bonds. The summed E-state index contributed by atoms with van der Waals surface area (Å²) < 4.78 is 5.42. The van der Waals surface area contributed by atoms with Crippen molar-refractivity contribution in [3.63, 3.8) is 0 Å². The van der Waals surface area contributed by atoms with Crippen molar-refractivity contribution in [1.29, 1.82) is 0 Å². The van der Waals surface area contributed by atoms with Crippen molar-refractivity contribution in [1.82, 2.24) is 4.90 Å². The van der Waals surface area contributed by atoms with Crippen LogP contribution in [0, 0.1) is 0 Å². The minimum atomic E-state index is -0.287. The van der Waals surface area contributed by atoms with Crippen LogP contribution in [0.4, 0.5) is 5.69 Å². The molecule has 1 N–H and O–H groups in total. The van der Waals surface area contributed by atoms with E-state index in [1.165, 1.54) is 0 Å². The summed E-state index contributed by atoms with van der Waals surface area (Å²) in [6, 6.07) is 12.3. The maximum Gasteiger partial charge on any atom is 0.262 e. The van der Waals surface area contributed by atoms with Gasteiger partial charge in [0.05, 0.1) is 10.0 Å². The van der Waals surface area contributed by atoms with E-state index in [2.05, 4.69) is 5.32 Å². The number of carbonyl (C=O) groups excluding carboxylic acids is 2. The van der Waals surface area contributed by atoms with Crippen molar-refractivity contribution in [2.75, 3.05) is 18.5 Å². The second-order valence-electron chi connectivity index (χ2n) is 6.03. The molecular formula is C19H18Cl2N2O3. The Hall–Kier alpha value is -2.24. The SMILES string of the molecule is O=C(COc1ccc(Cl)c(Cl)c1)Nc1cccc(CN2CCCC2=O)c1. The van der Waals surface area contributed by atoms with E-state index in [1.807, 2.05) is 23.1 Å². The molecule has 5 nitrogen and oxygen atoms in total. The lowest BCUT2D eigenvalue weighted by molar-refractivity contribution is -0.128. The summed E-state index contributed by atoms with van der Waals surface area (Å²) in [5.74, 6) is 0.357. The molecule has 1 aliphatic rings. The van der Waals surface area contributed by atoms with Crippen molar-refractivity contribution in [2.24, 2.45) is 0 Å². The largest absolute Gasteiger partial charge is 0.484 e. The molecule has 2 aromatic rings. The second-order valence-corrected chi connectivity index (χ2v) is 6.85. The maximum atomic E-state index is 12.1. The lowest BCUT2D eigenvalue weighted by Gasteiger charge is -2.16. The maximum absolute atomic E-state index is 12.1. The average Bonchev–Trinajstić information content (AvgIpc) is 3.01. The third kappa shape index (κ3) is 4.90. The zero-order valence-corrected chi connectivity index (χ0v) is 15.5. The molecule has 1 fully saturated rings. The third-order valence-electron chi connectivity index (χ3n) is 4.02. The van der Waals surface area contributed by atoms with E-state index in [0.29, 0.717) is 34.4 Å². The molecule has 0 saturated carbocycles. The van der Waals surface area contributed by atoms with Gasteiger partial charge in [-0.25, -0.2) is 0 Å². The van der Waals surface area contributed by atoms with Crippen LogP contribution in [-0.4, -0.2) is 29.9 Å². The molecule has 1 aliphatic heterocycles. The zero-order chi connectivity index (χ0) is 18.5. The molecule has 1 heterocycles. The Morgan fingerprint density at radius 3 is 2.73 bits per heavy atom. The molecule has 0 aromatic heterocycles. The number of rotatable bonds is 6. The first kappa shape index (κ1) is 18.5. The van der Waals surface area contributed by atoms with Crippen molar-refractivity contribution in [3.8, 4) is 5.75 Å². The van der Waals surface area contributed by atoms with Crippen LogP contribution < -0.4 is 10.1 Å². The molecule has 0 bridgehead atoms. The van der Waals surface area contributed by atoms with Gasteiger partial charge in [0.1, 0.15) is 5.75 Å². The predicted molar refractivity (Wildman–Crippen MR) is 102 cm³/mol. The predicted octanol–water partition coefficient (Wildman–Crippen LogP) is 4.13. The fraction of sp³-hybridized carbons (Fsp3) is 0.263.